The largest absolute Gasteiger partial charge is 0.417 e. The highest BCUT2D eigenvalue weighted by Crippen LogP contribution is 2.37. The van der Waals surface area contributed by atoms with Gasteiger partial charge < -0.3 is 0 Å². The van der Waals surface area contributed by atoms with E-state index in [-0.39, 0.29) is 16.5 Å². The smallest absolute Gasteiger partial charge is 0.278 e. The van der Waals surface area contributed by atoms with Crippen molar-refractivity contribution in [2.75, 3.05) is 0 Å². The van der Waals surface area contributed by atoms with Gasteiger partial charge >= 0.3 is 11.7 Å². The molecule has 3 rings (SSSR count). The molecule has 114 valence electrons. The fourth-order valence-electron chi connectivity index (χ4n) is 1.99. The molecule has 0 radical (unpaired) electrons. The van der Waals surface area contributed by atoms with Crippen molar-refractivity contribution in [1.29, 1.82) is 0 Å². The van der Waals surface area contributed by atoms with Gasteiger partial charge in [0.2, 0.25) is 5.65 Å². The van der Waals surface area contributed by atoms with Crippen LogP contribution in [0, 0.1) is 0 Å². The molecule has 2 heterocycles. The van der Waals surface area contributed by atoms with E-state index in [1.165, 1.54) is 28.9 Å². The third kappa shape index (κ3) is 2.26. The molecule has 2 aromatic heterocycles. The average molecular weight is 347 g/mol. The van der Waals surface area contributed by atoms with E-state index in [9.17, 15) is 18.0 Å². The van der Waals surface area contributed by atoms with E-state index in [0.717, 1.165) is 10.6 Å². The Balaban J connectivity index is 2.29. The Kier molecular flexibility index (Phi) is 3.41. The van der Waals surface area contributed by atoms with Gasteiger partial charge in [0.25, 0.3) is 0 Å². The van der Waals surface area contributed by atoms with Crippen LogP contribution >= 0.6 is 24.2 Å². The number of thiol groups is 1. The quantitative estimate of drug-likeness (QED) is 0.689. The highest BCUT2D eigenvalue weighted by atomic mass is 35.5. The minimum absolute atomic E-state index is 0.0685. The van der Waals surface area contributed by atoms with Crippen molar-refractivity contribution in [3.05, 3.63) is 51.5 Å². The SMILES string of the molecule is O=c1c2nnc(S)n2ccn1-c1cccc(C(F)(F)F)c1Cl. The van der Waals surface area contributed by atoms with Gasteiger partial charge in [-0.2, -0.15) is 13.2 Å². The van der Waals surface area contributed by atoms with E-state index in [1.807, 2.05) is 0 Å². The molecule has 0 amide bonds. The van der Waals surface area contributed by atoms with E-state index in [1.54, 1.807) is 0 Å². The molecule has 0 atom stereocenters. The second kappa shape index (κ2) is 5.03. The lowest BCUT2D eigenvalue weighted by molar-refractivity contribution is -0.137. The number of rotatable bonds is 1. The number of hydrogen-bond donors (Lipinski definition) is 1. The summed E-state index contributed by atoms with van der Waals surface area (Å²) in [7, 11) is 0. The summed E-state index contributed by atoms with van der Waals surface area (Å²) in [4.78, 5) is 12.3. The fourth-order valence-corrected chi connectivity index (χ4v) is 2.52. The molecule has 0 aliphatic carbocycles. The maximum atomic E-state index is 12.9. The maximum absolute atomic E-state index is 12.9. The van der Waals surface area contributed by atoms with Crippen molar-refractivity contribution in [3.63, 3.8) is 0 Å². The third-order valence-electron chi connectivity index (χ3n) is 3.00. The van der Waals surface area contributed by atoms with Crippen molar-refractivity contribution in [3.8, 4) is 5.69 Å². The van der Waals surface area contributed by atoms with Crippen LogP contribution in [0.2, 0.25) is 5.02 Å². The summed E-state index contributed by atoms with van der Waals surface area (Å²) >= 11 is 9.83. The van der Waals surface area contributed by atoms with E-state index in [4.69, 9.17) is 11.6 Å². The zero-order valence-electron chi connectivity index (χ0n) is 10.5. The van der Waals surface area contributed by atoms with Crippen LogP contribution in [-0.2, 0) is 6.18 Å². The maximum Gasteiger partial charge on any atom is 0.417 e. The molecule has 0 spiro atoms. The number of nitrogens with zero attached hydrogens (tertiary/aromatic N) is 4. The molecule has 0 saturated carbocycles. The van der Waals surface area contributed by atoms with Crippen molar-refractivity contribution in [2.24, 2.45) is 0 Å². The van der Waals surface area contributed by atoms with Gasteiger partial charge in [-0.3, -0.25) is 13.8 Å². The zero-order valence-corrected chi connectivity index (χ0v) is 12.2. The van der Waals surface area contributed by atoms with Gasteiger partial charge in [0.05, 0.1) is 16.3 Å². The summed E-state index contributed by atoms with van der Waals surface area (Å²) in [6.45, 7) is 0. The minimum Gasteiger partial charge on any atom is -0.278 e. The second-order valence-corrected chi connectivity index (χ2v) is 5.08. The lowest BCUT2D eigenvalue weighted by atomic mass is 10.2. The van der Waals surface area contributed by atoms with Crippen molar-refractivity contribution >= 4 is 29.9 Å². The highest BCUT2D eigenvalue weighted by Gasteiger charge is 2.34. The topological polar surface area (TPSA) is 52.2 Å². The van der Waals surface area contributed by atoms with Crippen LogP contribution in [0.5, 0.6) is 0 Å². The molecule has 1 aromatic carbocycles. The molecule has 5 nitrogen and oxygen atoms in total. The highest BCUT2D eigenvalue weighted by molar-refractivity contribution is 7.80. The first-order chi connectivity index (χ1) is 10.3. The number of alkyl halides is 3. The molecule has 0 bridgehead atoms. The number of fused-ring (bicyclic) bond motifs is 1. The zero-order chi connectivity index (χ0) is 16.1. The molecule has 0 aliphatic rings. The molecule has 22 heavy (non-hydrogen) atoms. The van der Waals surface area contributed by atoms with Gasteiger partial charge in [0.1, 0.15) is 0 Å². The normalized spacial score (nSPS) is 12.0. The second-order valence-electron chi connectivity index (χ2n) is 4.30. The van der Waals surface area contributed by atoms with Crippen LogP contribution < -0.4 is 5.56 Å². The van der Waals surface area contributed by atoms with Gasteiger partial charge in [-0.25, -0.2) is 0 Å². The van der Waals surface area contributed by atoms with Gasteiger partial charge in [0, 0.05) is 12.4 Å². The van der Waals surface area contributed by atoms with Crippen molar-refractivity contribution in [2.45, 2.75) is 11.3 Å². The van der Waals surface area contributed by atoms with Crippen LogP contribution in [0.4, 0.5) is 13.2 Å². The van der Waals surface area contributed by atoms with Gasteiger partial charge in [0.15, 0.2) is 5.16 Å². The first-order valence-corrected chi connectivity index (χ1v) is 6.64. The number of halogens is 4. The summed E-state index contributed by atoms with van der Waals surface area (Å²) in [5.74, 6) is 0. The Bertz CT molecular complexity index is 934. The first kappa shape index (κ1) is 14.9. The van der Waals surface area contributed by atoms with E-state index >= 15 is 0 Å². The number of aromatic nitrogens is 4. The van der Waals surface area contributed by atoms with Crippen LogP contribution in [-0.4, -0.2) is 19.2 Å². The van der Waals surface area contributed by atoms with Gasteiger partial charge in [-0.1, -0.05) is 17.7 Å². The summed E-state index contributed by atoms with van der Waals surface area (Å²) in [6, 6.07) is 3.33. The molecular formula is C12H6ClF3N4OS. The number of hydrogen-bond acceptors (Lipinski definition) is 4. The molecule has 10 heteroatoms. The van der Waals surface area contributed by atoms with Crippen molar-refractivity contribution < 1.29 is 13.2 Å². The predicted octanol–water partition coefficient (Wildman–Crippen LogP) is 2.84. The lowest BCUT2D eigenvalue weighted by Crippen LogP contribution is -2.21. The predicted molar refractivity (Wildman–Crippen MR) is 75.8 cm³/mol. The fraction of sp³-hybridized carbons (Fsp3) is 0.0833. The molecule has 0 aliphatic heterocycles. The van der Waals surface area contributed by atoms with Crippen LogP contribution in [0.1, 0.15) is 5.56 Å². The Morgan fingerprint density at radius 2 is 1.91 bits per heavy atom. The van der Waals surface area contributed by atoms with Crippen LogP contribution in [0.25, 0.3) is 11.3 Å². The van der Waals surface area contributed by atoms with Crippen LogP contribution in [0.3, 0.4) is 0 Å². The van der Waals surface area contributed by atoms with Crippen molar-refractivity contribution in [1.82, 2.24) is 19.2 Å². The molecule has 0 unspecified atom stereocenters. The molecular weight excluding hydrogens is 341 g/mol. The Labute approximate surface area is 131 Å². The number of benzene rings is 1. The Morgan fingerprint density at radius 3 is 2.59 bits per heavy atom. The monoisotopic (exact) mass is 346 g/mol. The summed E-state index contributed by atoms with van der Waals surface area (Å²) in [5.41, 5.74) is -1.83. The minimum atomic E-state index is -4.62. The Hall–Kier alpha value is -2.00. The average Bonchev–Trinajstić information content (AvgIpc) is 2.81. The Morgan fingerprint density at radius 1 is 1.18 bits per heavy atom. The third-order valence-corrected chi connectivity index (χ3v) is 3.70. The van der Waals surface area contributed by atoms with Gasteiger partial charge in [-0.15, -0.1) is 22.8 Å². The molecule has 0 N–H and O–H groups in total. The lowest BCUT2D eigenvalue weighted by Gasteiger charge is -2.13. The van der Waals surface area contributed by atoms with E-state index < -0.39 is 22.3 Å². The summed E-state index contributed by atoms with van der Waals surface area (Å²) < 4.78 is 41.0. The molecule has 3 aromatic rings. The van der Waals surface area contributed by atoms with Crippen LogP contribution in [0.15, 0.2) is 40.5 Å². The first-order valence-electron chi connectivity index (χ1n) is 5.82. The molecule has 0 saturated heterocycles. The molecule has 0 fully saturated rings. The summed E-state index contributed by atoms with van der Waals surface area (Å²) in [5, 5.41) is 6.89. The summed E-state index contributed by atoms with van der Waals surface area (Å²) in [6.07, 6.45) is -1.93. The standard InChI is InChI=1S/C12H6ClF3N4OS/c13-8-6(12(14,15)16)2-1-3-7(8)19-4-5-20-9(10(19)21)17-18-11(20)22/h1-5H,(H,18,22). The van der Waals surface area contributed by atoms with Gasteiger partial charge in [-0.05, 0) is 12.1 Å². The van der Waals surface area contributed by atoms with E-state index in [0.29, 0.717) is 0 Å². The van der Waals surface area contributed by atoms with E-state index in [2.05, 4.69) is 22.8 Å².